The molecule has 0 aromatic carbocycles. The van der Waals surface area contributed by atoms with E-state index in [0.29, 0.717) is 0 Å². The number of nitrogens with zero attached hydrogens (tertiary/aromatic N) is 2. The van der Waals surface area contributed by atoms with Crippen molar-refractivity contribution in [3.63, 3.8) is 0 Å². The van der Waals surface area contributed by atoms with Crippen LogP contribution in [-0.4, -0.2) is 57.0 Å². The van der Waals surface area contributed by atoms with Gasteiger partial charge in [0.1, 0.15) is 5.01 Å². The Bertz CT molecular complexity index is 339. The molecule has 5 nitrogen and oxygen atoms in total. The molecule has 0 bridgehead atoms. The van der Waals surface area contributed by atoms with Crippen molar-refractivity contribution in [2.45, 2.75) is 26.4 Å². The first kappa shape index (κ1) is 17.5. The summed E-state index contributed by atoms with van der Waals surface area (Å²) >= 11 is 1.73. The van der Waals surface area contributed by atoms with Gasteiger partial charge in [0.15, 0.2) is 0 Å². The molecular formula is C14H27N3O2S. The highest BCUT2D eigenvalue weighted by Crippen LogP contribution is 2.11. The molecule has 20 heavy (non-hydrogen) atoms. The SMILES string of the molecule is CCCNCc1nc(CN(CCOC)CCOC)cs1. The Morgan fingerprint density at radius 1 is 1.25 bits per heavy atom. The maximum atomic E-state index is 5.15. The highest BCUT2D eigenvalue weighted by molar-refractivity contribution is 7.09. The molecule has 6 heteroatoms. The van der Waals surface area contributed by atoms with Crippen molar-refractivity contribution in [1.29, 1.82) is 0 Å². The molecule has 0 saturated heterocycles. The van der Waals surface area contributed by atoms with Gasteiger partial charge in [-0.25, -0.2) is 4.98 Å². The van der Waals surface area contributed by atoms with Gasteiger partial charge in [-0.1, -0.05) is 6.92 Å². The average molecular weight is 301 g/mol. The van der Waals surface area contributed by atoms with E-state index < -0.39 is 0 Å². The van der Waals surface area contributed by atoms with Crippen LogP contribution in [0.15, 0.2) is 5.38 Å². The zero-order valence-electron chi connectivity index (χ0n) is 12.9. The molecule has 0 aliphatic heterocycles. The summed E-state index contributed by atoms with van der Waals surface area (Å²) in [7, 11) is 3.46. The van der Waals surface area contributed by atoms with Crippen molar-refractivity contribution in [2.24, 2.45) is 0 Å². The number of rotatable bonds is 12. The quantitative estimate of drug-likeness (QED) is 0.596. The van der Waals surface area contributed by atoms with E-state index in [4.69, 9.17) is 9.47 Å². The number of ether oxygens (including phenoxy) is 2. The molecule has 1 aromatic rings. The number of nitrogens with one attached hydrogen (secondary N) is 1. The van der Waals surface area contributed by atoms with Crippen molar-refractivity contribution in [1.82, 2.24) is 15.2 Å². The third-order valence-corrected chi connectivity index (χ3v) is 3.81. The first-order valence-electron chi connectivity index (χ1n) is 7.14. The minimum Gasteiger partial charge on any atom is -0.383 e. The second-order valence-electron chi connectivity index (χ2n) is 4.67. The highest BCUT2D eigenvalue weighted by Gasteiger charge is 2.09. The van der Waals surface area contributed by atoms with Gasteiger partial charge in [-0.05, 0) is 13.0 Å². The third kappa shape index (κ3) is 7.31. The lowest BCUT2D eigenvalue weighted by Crippen LogP contribution is -2.30. The van der Waals surface area contributed by atoms with Gasteiger partial charge < -0.3 is 14.8 Å². The fourth-order valence-electron chi connectivity index (χ4n) is 1.81. The van der Waals surface area contributed by atoms with Gasteiger partial charge in [0.05, 0.1) is 18.9 Å². The summed E-state index contributed by atoms with van der Waals surface area (Å²) in [5.74, 6) is 0. The molecule has 0 aliphatic rings. The molecular weight excluding hydrogens is 274 g/mol. The summed E-state index contributed by atoms with van der Waals surface area (Å²) in [4.78, 5) is 6.98. The molecule has 0 unspecified atom stereocenters. The number of hydrogen-bond acceptors (Lipinski definition) is 6. The zero-order chi connectivity index (χ0) is 14.6. The smallest absolute Gasteiger partial charge is 0.107 e. The topological polar surface area (TPSA) is 46.6 Å². The maximum absolute atomic E-state index is 5.15. The Hall–Kier alpha value is -0.530. The molecule has 0 fully saturated rings. The molecule has 1 rings (SSSR count). The molecule has 0 radical (unpaired) electrons. The lowest BCUT2D eigenvalue weighted by molar-refractivity contribution is 0.109. The Labute approximate surface area is 126 Å². The van der Waals surface area contributed by atoms with E-state index in [9.17, 15) is 0 Å². The van der Waals surface area contributed by atoms with Gasteiger partial charge in [-0.15, -0.1) is 11.3 Å². The van der Waals surface area contributed by atoms with Crippen LogP contribution in [0.1, 0.15) is 24.0 Å². The predicted octanol–water partition coefficient (Wildman–Crippen LogP) is 1.74. The molecule has 1 heterocycles. The molecule has 0 atom stereocenters. The van der Waals surface area contributed by atoms with Crippen molar-refractivity contribution in [3.05, 3.63) is 16.1 Å². The molecule has 0 aliphatic carbocycles. The van der Waals surface area contributed by atoms with E-state index in [2.05, 4.69) is 27.5 Å². The Balaban J connectivity index is 2.41. The molecule has 0 amide bonds. The number of hydrogen-bond donors (Lipinski definition) is 1. The van der Waals surface area contributed by atoms with Crippen LogP contribution in [0, 0.1) is 0 Å². The van der Waals surface area contributed by atoms with E-state index in [1.54, 1.807) is 25.6 Å². The van der Waals surface area contributed by atoms with E-state index in [1.165, 1.54) is 0 Å². The van der Waals surface area contributed by atoms with Gasteiger partial charge in [-0.3, -0.25) is 4.90 Å². The molecule has 1 N–H and O–H groups in total. The molecule has 1 aromatic heterocycles. The van der Waals surface area contributed by atoms with Gasteiger partial charge in [0.25, 0.3) is 0 Å². The largest absolute Gasteiger partial charge is 0.383 e. The van der Waals surface area contributed by atoms with E-state index >= 15 is 0 Å². The van der Waals surface area contributed by atoms with Gasteiger partial charge in [0.2, 0.25) is 0 Å². The second-order valence-corrected chi connectivity index (χ2v) is 5.61. The van der Waals surface area contributed by atoms with Crippen LogP contribution < -0.4 is 5.32 Å². The van der Waals surface area contributed by atoms with Crippen LogP contribution in [0.4, 0.5) is 0 Å². The maximum Gasteiger partial charge on any atom is 0.107 e. The summed E-state index contributed by atoms with van der Waals surface area (Å²) in [6, 6.07) is 0. The standard InChI is InChI=1S/C14H27N3O2S/c1-4-5-15-10-14-16-13(12-20-14)11-17(6-8-18-2)7-9-19-3/h12,15H,4-11H2,1-3H3. The first-order chi connectivity index (χ1) is 9.80. The summed E-state index contributed by atoms with van der Waals surface area (Å²) < 4.78 is 10.3. The summed E-state index contributed by atoms with van der Waals surface area (Å²) in [6.07, 6.45) is 1.15. The van der Waals surface area contributed by atoms with E-state index in [1.807, 2.05) is 0 Å². The van der Waals surface area contributed by atoms with Crippen molar-refractivity contribution in [2.75, 3.05) is 47.1 Å². The Kier molecular flexibility index (Phi) is 9.78. The first-order valence-corrected chi connectivity index (χ1v) is 8.02. The summed E-state index contributed by atoms with van der Waals surface area (Å²) in [5, 5.41) is 6.69. The lowest BCUT2D eigenvalue weighted by Gasteiger charge is -2.20. The third-order valence-electron chi connectivity index (χ3n) is 2.91. The summed E-state index contributed by atoms with van der Waals surface area (Å²) in [5.41, 5.74) is 1.13. The van der Waals surface area contributed by atoms with E-state index in [0.717, 1.165) is 63.1 Å². The van der Waals surface area contributed by atoms with Crippen LogP contribution in [0.5, 0.6) is 0 Å². The minimum atomic E-state index is 0.735. The van der Waals surface area contributed by atoms with Crippen molar-refractivity contribution >= 4 is 11.3 Å². The normalized spacial score (nSPS) is 11.4. The summed E-state index contributed by atoms with van der Waals surface area (Å²) in [6.45, 7) is 8.22. The highest BCUT2D eigenvalue weighted by atomic mass is 32.1. The zero-order valence-corrected chi connectivity index (χ0v) is 13.7. The minimum absolute atomic E-state index is 0.735. The molecule has 0 spiro atoms. The lowest BCUT2D eigenvalue weighted by atomic mass is 10.4. The van der Waals surface area contributed by atoms with Crippen molar-refractivity contribution < 1.29 is 9.47 Å². The predicted molar refractivity (Wildman–Crippen MR) is 83.1 cm³/mol. The van der Waals surface area contributed by atoms with Crippen LogP contribution >= 0.6 is 11.3 Å². The van der Waals surface area contributed by atoms with Crippen LogP contribution in [0.25, 0.3) is 0 Å². The Morgan fingerprint density at radius 3 is 2.55 bits per heavy atom. The number of methoxy groups -OCH3 is 2. The van der Waals surface area contributed by atoms with Crippen LogP contribution in [-0.2, 0) is 22.6 Å². The van der Waals surface area contributed by atoms with Crippen LogP contribution in [0.3, 0.4) is 0 Å². The Morgan fingerprint density at radius 2 is 1.95 bits per heavy atom. The second kappa shape index (κ2) is 11.2. The molecule has 116 valence electrons. The number of thiazole rings is 1. The molecule has 0 saturated carbocycles. The average Bonchev–Trinajstić information content (AvgIpc) is 2.89. The fourth-order valence-corrected chi connectivity index (χ4v) is 2.57. The number of aromatic nitrogens is 1. The van der Waals surface area contributed by atoms with Crippen molar-refractivity contribution in [3.8, 4) is 0 Å². The van der Waals surface area contributed by atoms with Gasteiger partial charge in [-0.2, -0.15) is 0 Å². The fraction of sp³-hybridized carbons (Fsp3) is 0.786. The monoisotopic (exact) mass is 301 g/mol. The van der Waals surface area contributed by atoms with Gasteiger partial charge in [0, 0.05) is 45.8 Å². The van der Waals surface area contributed by atoms with E-state index in [-0.39, 0.29) is 0 Å². The van der Waals surface area contributed by atoms with Gasteiger partial charge >= 0.3 is 0 Å². The van der Waals surface area contributed by atoms with Crippen LogP contribution in [0.2, 0.25) is 0 Å².